The van der Waals surface area contributed by atoms with E-state index in [1.54, 1.807) is 30.3 Å². The maximum atomic E-state index is 12.5. The van der Waals surface area contributed by atoms with Gasteiger partial charge in [-0.1, -0.05) is 33.6 Å². The Morgan fingerprint density at radius 2 is 1.76 bits per heavy atom. The Morgan fingerprint density at radius 3 is 2.45 bits per heavy atom. The monoisotopic (exact) mass is 479 g/mol. The fraction of sp³-hybridized carbons (Fsp3) is 0.158. The van der Waals surface area contributed by atoms with Crippen molar-refractivity contribution in [2.75, 3.05) is 13.6 Å². The minimum absolute atomic E-state index is 0.0130. The molecule has 2 N–H and O–H groups in total. The van der Waals surface area contributed by atoms with Crippen LogP contribution in [0, 0.1) is 6.92 Å². The molecule has 2 amide bonds. The van der Waals surface area contributed by atoms with Crippen molar-refractivity contribution in [3.63, 3.8) is 0 Å². The largest absolute Gasteiger partial charge is 0.451 e. The predicted molar refractivity (Wildman–Crippen MR) is 111 cm³/mol. The first kappa shape index (κ1) is 21.0. The normalized spacial score (nSPS) is 11.6. The lowest BCUT2D eigenvalue weighted by Gasteiger charge is -2.17. The molecule has 1 heterocycles. The van der Waals surface area contributed by atoms with E-state index >= 15 is 0 Å². The lowest BCUT2D eigenvalue weighted by atomic mass is 10.2. The molecule has 0 aliphatic heterocycles. The Hall–Kier alpha value is -2.69. The Balaban J connectivity index is 1.59. The van der Waals surface area contributed by atoms with Gasteiger partial charge in [0, 0.05) is 16.9 Å². The van der Waals surface area contributed by atoms with Gasteiger partial charge >= 0.3 is 5.91 Å². The van der Waals surface area contributed by atoms with Crippen molar-refractivity contribution >= 4 is 48.7 Å². The number of fused-ring (bicyclic) bond motifs is 1. The molecule has 0 aliphatic rings. The van der Waals surface area contributed by atoms with Gasteiger partial charge in [0.15, 0.2) is 5.76 Å². The third kappa shape index (κ3) is 4.84. The van der Waals surface area contributed by atoms with Crippen molar-refractivity contribution in [3.8, 4) is 0 Å². The highest BCUT2D eigenvalue weighted by Crippen LogP contribution is 2.23. The number of carbonyl (C=O) groups is 2. The summed E-state index contributed by atoms with van der Waals surface area (Å²) >= 11 is 3.33. The van der Waals surface area contributed by atoms with Gasteiger partial charge in [0.1, 0.15) is 5.58 Å². The van der Waals surface area contributed by atoms with Crippen molar-refractivity contribution in [2.24, 2.45) is 0 Å². The molecular weight excluding hydrogens is 462 g/mol. The molecule has 0 unspecified atom stereocenters. The second kappa shape index (κ2) is 8.36. The molecule has 0 aliphatic carbocycles. The zero-order valence-electron chi connectivity index (χ0n) is 15.6. The number of likely N-dealkylation sites (N-methyl/N-ethyl adjacent to an activating group) is 1. The first-order valence-corrected chi connectivity index (χ1v) is 10.7. The quantitative estimate of drug-likeness (QED) is 0.546. The molecule has 8 nitrogen and oxygen atoms in total. The van der Waals surface area contributed by atoms with Crippen LogP contribution in [-0.4, -0.2) is 38.1 Å². The molecule has 0 radical (unpaired) electrons. The lowest BCUT2D eigenvalue weighted by molar-refractivity contribution is -0.121. The number of hydrogen-bond acceptors (Lipinski definition) is 5. The molecule has 0 fully saturated rings. The van der Waals surface area contributed by atoms with Crippen LogP contribution in [0.1, 0.15) is 16.1 Å². The van der Waals surface area contributed by atoms with Gasteiger partial charge in [-0.3, -0.25) is 20.4 Å². The van der Waals surface area contributed by atoms with Crippen LogP contribution < -0.4 is 10.9 Å². The summed E-state index contributed by atoms with van der Waals surface area (Å²) in [7, 11) is -2.54. The van der Waals surface area contributed by atoms with Crippen molar-refractivity contribution in [1.29, 1.82) is 0 Å². The first-order chi connectivity index (χ1) is 13.7. The number of hydrogen-bond donors (Lipinski definition) is 2. The molecule has 3 aromatic rings. The highest BCUT2D eigenvalue weighted by molar-refractivity contribution is 9.10. The molecule has 3 rings (SSSR count). The van der Waals surface area contributed by atoms with Crippen molar-refractivity contribution < 1.29 is 22.4 Å². The van der Waals surface area contributed by atoms with E-state index in [-0.39, 0.29) is 10.7 Å². The average molecular weight is 480 g/mol. The smallest absolute Gasteiger partial charge is 0.305 e. The minimum Gasteiger partial charge on any atom is -0.451 e. The van der Waals surface area contributed by atoms with Gasteiger partial charge < -0.3 is 4.42 Å². The molecular formula is C19H18BrN3O5S. The van der Waals surface area contributed by atoms with Crippen LogP contribution in [0.2, 0.25) is 0 Å². The van der Waals surface area contributed by atoms with Crippen LogP contribution in [0.4, 0.5) is 0 Å². The summed E-state index contributed by atoms with van der Waals surface area (Å²) in [6, 6.07) is 13.1. The maximum Gasteiger partial charge on any atom is 0.305 e. The van der Waals surface area contributed by atoms with Gasteiger partial charge in [-0.05, 0) is 43.3 Å². The van der Waals surface area contributed by atoms with E-state index in [4.69, 9.17) is 4.42 Å². The van der Waals surface area contributed by atoms with Gasteiger partial charge in [0.25, 0.3) is 5.91 Å². The third-order valence-electron chi connectivity index (χ3n) is 4.11. The highest BCUT2D eigenvalue weighted by atomic mass is 79.9. The van der Waals surface area contributed by atoms with E-state index in [0.29, 0.717) is 5.58 Å². The number of carbonyl (C=O) groups excluding carboxylic acids is 2. The fourth-order valence-corrected chi connectivity index (χ4v) is 4.04. The summed E-state index contributed by atoms with van der Waals surface area (Å²) < 4.78 is 32.2. The molecule has 0 saturated heterocycles. The fourth-order valence-electron chi connectivity index (χ4n) is 2.53. The Labute approximate surface area is 176 Å². The Bertz CT molecular complexity index is 1170. The van der Waals surface area contributed by atoms with Gasteiger partial charge in [-0.2, -0.15) is 4.31 Å². The molecule has 1 aromatic heterocycles. The summed E-state index contributed by atoms with van der Waals surface area (Å²) in [4.78, 5) is 24.3. The maximum absolute atomic E-state index is 12.5. The molecule has 152 valence electrons. The number of nitrogens with one attached hydrogen (secondary N) is 2. The number of hydrazine groups is 1. The Morgan fingerprint density at radius 1 is 1.07 bits per heavy atom. The number of benzene rings is 2. The van der Waals surface area contributed by atoms with Gasteiger partial charge in [-0.15, -0.1) is 0 Å². The second-order valence-electron chi connectivity index (χ2n) is 6.37. The number of rotatable bonds is 5. The molecule has 29 heavy (non-hydrogen) atoms. The molecule has 0 bridgehead atoms. The predicted octanol–water partition coefficient (Wildman–Crippen LogP) is 2.59. The molecule has 2 aromatic carbocycles. The lowest BCUT2D eigenvalue weighted by Crippen LogP contribution is -2.46. The summed E-state index contributed by atoms with van der Waals surface area (Å²) in [6.07, 6.45) is 0. The van der Waals surface area contributed by atoms with E-state index in [1.165, 1.54) is 25.2 Å². The number of amides is 2. The first-order valence-electron chi connectivity index (χ1n) is 8.48. The number of furan rings is 1. The van der Waals surface area contributed by atoms with E-state index in [1.807, 2.05) is 6.92 Å². The SMILES string of the molecule is Cc1ccc(S(=O)(=O)N(C)CC(=O)NNC(=O)c2cc3cc(Br)ccc3o2)cc1. The molecule has 0 saturated carbocycles. The standard InChI is InChI=1S/C19H18BrN3O5S/c1-12-3-6-15(7-4-12)29(26,27)23(2)11-18(24)21-22-19(25)17-10-13-9-14(20)5-8-16(13)28-17/h3-10H,11H2,1-2H3,(H,21,24)(H,22,25). The molecule has 0 spiro atoms. The summed E-state index contributed by atoms with van der Waals surface area (Å²) in [5.74, 6) is -1.34. The average Bonchev–Trinajstić information content (AvgIpc) is 3.09. The van der Waals surface area contributed by atoms with Crippen molar-refractivity contribution in [3.05, 3.63) is 64.3 Å². The van der Waals surface area contributed by atoms with Gasteiger partial charge in [0.05, 0.1) is 11.4 Å². The second-order valence-corrected chi connectivity index (χ2v) is 9.33. The van der Waals surface area contributed by atoms with Crippen LogP contribution in [0.15, 0.2) is 62.3 Å². The van der Waals surface area contributed by atoms with Crippen LogP contribution in [0.5, 0.6) is 0 Å². The third-order valence-corrected chi connectivity index (χ3v) is 6.42. The van der Waals surface area contributed by atoms with Crippen molar-refractivity contribution in [2.45, 2.75) is 11.8 Å². The van der Waals surface area contributed by atoms with E-state index < -0.39 is 28.4 Å². The zero-order chi connectivity index (χ0) is 21.2. The number of nitrogens with zero attached hydrogens (tertiary/aromatic N) is 1. The number of sulfonamides is 1. The zero-order valence-corrected chi connectivity index (χ0v) is 18.0. The van der Waals surface area contributed by atoms with E-state index in [9.17, 15) is 18.0 Å². The van der Waals surface area contributed by atoms with Crippen LogP contribution in [0.25, 0.3) is 11.0 Å². The van der Waals surface area contributed by atoms with Gasteiger partial charge in [0.2, 0.25) is 10.0 Å². The number of aryl methyl sites for hydroxylation is 1. The van der Waals surface area contributed by atoms with Crippen molar-refractivity contribution in [1.82, 2.24) is 15.2 Å². The van der Waals surface area contributed by atoms with Crippen LogP contribution in [-0.2, 0) is 14.8 Å². The molecule has 0 atom stereocenters. The van der Waals surface area contributed by atoms with E-state index in [2.05, 4.69) is 26.8 Å². The summed E-state index contributed by atoms with van der Waals surface area (Å²) in [6.45, 7) is 1.38. The molecule has 10 heteroatoms. The minimum atomic E-state index is -3.83. The number of halogens is 1. The Kier molecular flexibility index (Phi) is 6.06. The summed E-state index contributed by atoms with van der Waals surface area (Å²) in [5, 5.41) is 0.722. The van der Waals surface area contributed by atoms with Crippen LogP contribution >= 0.6 is 15.9 Å². The topological polar surface area (TPSA) is 109 Å². The summed E-state index contributed by atoms with van der Waals surface area (Å²) in [5.41, 5.74) is 5.84. The van der Waals surface area contributed by atoms with Crippen LogP contribution in [0.3, 0.4) is 0 Å². The van der Waals surface area contributed by atoms with Gasteiger partial charge in [-0.25, -0.2) is 8.42 Å². The van der Waals surface area contributed by atoms with E-state index in [0.717, 1.165) is 19.7 Å². The highest BCUT2D eigenvalue weighted by Gasteiger charge is 2.23.